The Labute approximate surface area is 138 Å². The monoisotopic (exact) mass is 340 g/mol. The standard InChI is InChI=1S/C17H31BO2P2/c1-16(2,3)21(7)14-9-12-13(20-11-19-12)10-15(14)22(8,18)17(4,5)6/h9-10,22H,11,18H2,1-8H3/t21-/m0/s1. The molecule has 0 saturated heterocycles. The molecular formula is C17H31BO2P2. The van der Waals surface area contributed by atoms with Gasteiger partial charge in [-0.15, -0.1) is 0 Å². The van der Waals surface area contributed by atoms with Gasteiger partial charge in [0.1, 0.15) is 0 Å². The van der Waals surface area contributed by atoms with Gasteiger partial charge in [0.15, 0.2) is 0 Å². The molecule has 1 aliphatic heterocycles. The third-order valence-corrected chi connectivity index (χ3v) is 14.2. The average Bonchev–Trinajstić information content (AvgIpc) is 2.80. The van der Waals surface area contributed by atoms with E-state index in [2.05, 4.69) is 74.6 Å². The molecule has 0 amide bonds. The van der Waals surface area contributed by atoms with E-state index in [-0.39, 0.29) is 7.92 Å². The van der Waals surface area contributed by atoms with Crippen LogP contribution < -0.4 is 20.1 Å². The molecule has 1 heterocycles. The Morgan fingerprint density at radius 2 is 1.55 bits per heavy atom. The second kappa shape index (κ2) is 5.68. The SMILES string of the molecule is B[PH](C)(c1cc2c(cc1[P@](C)C(C)(C)C)OCO2)C(C)(C)C. The van der Waals surface area contributed by atoms with E-state index in [1.54, 1.807) is 5.30 Å². The Bertz CT molecular complexity index is 571. The van der Waals surface area contributed by atoms with Gasteiger partial charge >= 0.3 is 138 Å². The molecule has 124 valence electrons. The van der Waals surface area contributed by atoms with E-state index in [1.165, 1.54) is 5.30 Å². The van der Waals surface area contributed by atoms with E-state index in [4.69, 9.17) is 9.47 Å². The molecule has 0 fully saturated rings. The zero-order valence-electron chi connectivity index (χ0n) is 15.6. The third kappa shape index (κ3) is 3.18. The summed E-state index contributed by atoms with van der Waals surface area (Å²) in [6, 6.07) is 4.56. The summed E-state index contributed by atoms with van der Waals surface area (Å²) in [6.45, 7) is 19.4. The van der Waals surface area contributed by atoms with Crippen LogP contribution in [0.2, 0.25) is 0 Å². The predicted molar refractivity (Wildman–Crippen MR) is 107 cm³/mol. The second-order valence-electron chi connectivity index (χ2n) is 8.83. The molecule has 2 rings (SSSR count). The Morgan fingerprint density at radius 3 is 2.00 bits per heavy atom. The van der Waals surface area contributed by atoms with Gasteiger partial charge in [-0.05, 0) is 0 Å². The van der Waals surface area contributed by atoms with Crippen LogP contribution in [-0.4, -0.2) is 38.0 Å². The first-order chi connectivity index (χ1) is 9.85. The molecule has 0 spiro atoms. The van der Waals surface area contributed by atoms with Gasteiger partial charge in [-0.3, -0.25) is 0 Å². The fourth-order valence-corrected chi connectivity index (χ4v) is 7.29. The first-order valence-corrected chi connectivity index (χ1v) is 12.8. The van der Waals surface area contributed by atoms with Gasteiger partial charge < -0.3 is 0 Å². The van der Waals surface area contributed by atoms with Crippen LogP contribution in [0, 0.1) is 0 Å². The van der Waals surface area contributed by atoms with Crippen molar-refractivity contribution in [3.63, 3.8) is 0 Å². The van der Waals surface area contributed by atoms with Crippen molar-refractivity contribution < 1.29 is 9.47 Å². The van der Waals surface area contributed by atoms with E-state index in [0.29, 0.717) is 17.1 Å². The van der Waals surface area contributed by atoms with E-state index in [9.17, 15) is 0 Å². The van der Waals surface area contributed by atoms with Crippen LogP contribution >= 0.6 is 15.1 Å². The molecule has 1 aliphatic rings. The summed E-state index contributed by atoms with van der Waals surface area (Å²) in [5.41, 5.74) is 0. The molecule has 0 unspecified atom stereocenters. The van der Waals surface area contributed by atoms with E-state index < -0.39 is 7.14 Å². The Hall–Kier alpha value is -0.255. The maximum atomic E-state index is 5.67. The minimum atomic E-state index is -1.63. The molecule has 0 aliphatic carbocycles. The molecule has 0 saturated carbocycles. The van der Waals surface area contributed by atoms with Crippen molar-refractivity contribution in [2.45, 2.75) is 51.9 Å². The number of ether oxygens (including phenoxy) is 2. The number of rotatable bonds is 2. The first-order valence-electron chi connectivity index (χ1n) is 8.03. The van der Waals surface area contributed by atoms with Crippen LogP contribution in [0.3, 0.4) is 0 Å². The predicted octanol–water partition coefficient (Wildman–Crippen LogP) is 3.30. The van der Waals surface area contributed by atoms with Gasteiger partial charge in [0.25, 0.3) is 0 Å². The minimum absolute atomic E-state index is 0.256. The van der Waals surface area contributed by atoms with Crippen molar-refractivity contribution in [2.24, 2.45) is 0 Å². The molecule has 0 N–H and O–H groups in total. The Morgan fingerprint density at radius 1 is 1.05 bits per heavy atom. The molecule has 1 aromatic carbocycles. The van der Waals surface area contributed by atoms with Crippen molar-refractivity contribution >= 4 is 33.2 Å². The van der Waals surface area contributed by atoms with Crippen LogP contribution in [0.1, 0.15) is 41.5 Å². The molecule has 0 bridgehead atoms. The van der Waals surface area contributed by atoms with Gasteiger partial charge in [0, 0.05) is 0 Å². The summed E-state index contributed by atoms with van der Waals surface area (Å²) in [7, 11) is 0.600. The van der Waals surface area contributed by atoms with Crippen LogP contribution in [0.5, 0.6) is 11.5 Å². The van der Waals surface area contributed by atoms with Gasteiger partial charge in [-0.1, -0.05) is 0 Å². The van der Waals surface area contributed by atoms with Gasteiger partial charge in [0.2, 0.25) is 0 Å². The average molecular weight is 340 g/mol. The van der Waals surface area contributed by atoms with Gasteiger partial charge in [-0.2, -0.15) is 0 Å². The fourth-order valence-electron chi connectivity index (χ4n) is 2.47. The summed E-state index contributed by atoms with van der Waals surface area (Å²) in [5.74, 6) is 1.86. The normalized spacial score (nSPS) is 17.5. The summed E-state index contributed by atoms with van der Waals surface area (Å²) in [6.07, 6.45) is 0. The number of benzene rings is 1. The van der Waals surface area contributed by atoms with Crippen molar-refractivity contribution in [3.8, 4) is 11.5 Å². The number of fused-ring (bicyclic) bond motifs is 1. The van der Waals surface area contributed by atoms with Crippen molar-refractivity contribution in [3.05, 3.63) is 12.1 Å². The Kier molecular flexibility index (Phi) is 4.67. The summed E-state index contributed by atoms with van der Waals surface area (Å²) < 4.78 is 11.3. The number of hydrogen-bond acceptors (Lipinski definition) is 2. The molecule has 5 heteroatoms. The zero-order chi connectivity index (χ0) is 16.9. The van der Waals surface area contributed by atoms with Crippen molar-refractivity contribution in [1.29, 1.82) is 0 Å². The van der Waals surface area contributed by atoms with Crippen LogP contribution in [0.15, 0.2) is 12.1 Å². The van der Waals surface area contributed by atoms with Gasteiger partial charge in [0.05, 0.1) is 0 Å². The van der Waals surface area contributed by atoms with Crippen molar-refractivity contribution in [2.75, 3.05) is 20.1 Å². The third-order valence-electron chi connectivity index (χ3n) is 5.41. The van der Waals surface area contributed by atoms with Crippen molar-refractivity contribution in [1.82, 2.24) is 0 Å². The second-order valence-corrected chi connectivity index (χ2v) is 17.1. The molecule has 0 radical (unpaired) electrons. The van der Waals surface area contributed by atoms with Crippen LogP contribution in [0.25, 0.3) is 0 Å². The zero-order valence-corrected chi connectivity index (χ0v) is 17.5. The van der Waals surface area contributed by atoms with Crippen LogP contribution in [0.4, 0.5) is 0 Å². The van der Waals surface area contributed by atoms with E-state index in [1.807, 2.05) is 0 Å². The van der Waals surface area contributed by atoms with E-state index in [0.717, 1.165) is 11.5 Å². The molecule has 0 aromatic heterocycles. The molecule has 22 heavy (non-hydrogen) atoms. The quantitative estimate of drug-likeness (QED) is 0.608. The summed E-state index contributed by atoms with van der Waals surface area (Å²) in [5, 5.41) is 3.66. The number of hydrogen-bond donors (Lipinski definition) is 0. The summed E-state index contributed by atoms with van der Waals surface area (Å²) in [4.78, 5) is 0. The molecular weight excluding hydrogens is 309 g/mol. The maximum absolute atomic E-state index is 5.67. The van der Waals surface area contributed by atoms with E-state index >= 15 is 0 Å². The summed E-state index contributed by atoms with van der Waals surface area (Å²) >= 11 is 0. The Balaban J connectivity index is 2.67. The van der Waals surface area contributed by atoms with Crippen LogP contribution in [-0.2, 0) is 0 Å². The van der Waals surface area contributed by atoms with Gasteiger partial charge in [-0.25, -0.2) is 0 Å². The fraction of sp³-hybridized carbons (Fsp3) is 0.647. The molecule has 1 aromatic rings. The molecule has 1 atom stereocenters. The first kappa shape index (κ1) is 18.1. The molecule has 2 nitrogen and oxygen atoms in total. The topological polar surface area (TPSA) is 18.5 Å².